The number of aliphatic carboxylic acids is 2. The molecule has 7 nitrogen and oxygen atoms in total. The van der Waals surface area contributed by atoms with Crippen molar-refractivity contribution >= 4 is 17.8 Å². The number of benzene rings is 1. The van der Waals surface area contributed by atoms with Gasteiger partial charge in [-0.1, -0.05) is 35.9 Å². The highest BCUT2D eigenvalue weighted by Gasteiger charge is 2.40. The molecule has 1 saturated heterocycles. The first kappa shape index (κ1) is 27.1. The average Bonchev–Trinajstić information content (AvgIpc) is 2.72. The maximum Gasteiger partial charge on any atom is 0.307 e. The van der Waals surface area contributed by atoms with Gasteiger partial charge in [0.05, 0.1) is 6.42 Å². The normalized spacial score (nSPS) is 16.7. The van der Waals surface area contributed by atoms with E-state index in [0.717, 1.165) is 48.8 Å². The first-order valence-electron chi connectivity index (χ1n) is 11.4. The first-order chi connectivity index (χ1) is 15.8. The number of piperidine rings is 1. The van der Waals surface area contributed by atoms with Gasteiger partial charge in [0, 0.05) is 36.3 Å². The SMILES string of the molecule is CC(=O)O.CN1C(C)(C)CC(=CCNc2ccc(-c3ccc(CC(=O)O)cc3)cn2)CC1(C)C. The Balaban J connectivity index is 0.000000945. The van der Waals surface area contributed by atoms with Crippen LogP contribution in [-0.4, -0.2) is 56.7 Å². The molecule has 0 atom stereocenters. The molecule has 1 aromatic carbocycles. The van der Waals surface area contributed by atoms with E-state index in [9.17, 15) is 4.79 Å². The molecule has 1 fully saturated rings. The highest BCUT2D eigenvalue weighted by atomic mass is 16.4. The van der Waals surface area contributed by atoms with Crippen molar-refractivity contribution in [2.24, 2.45) is 0 Å². The van der Waals surface area contributed by atoms with Crippen molar-refractivity contribution in [2.75, 3.05) is 18.9 Å². The Morgan fingerprint density at radius 2 is 1.53 bits per heavy atom. The van der Waals surface area contributed by atoms with E-state index < -0.39 is 11.9 Å². The third-order valence-corrected chi connectivity index (χ3v) is 6.22. The molecule has 3 N–H and O–H groups in total. The van der Waals surface area contributed by atoms with Gasteiger partial charge in [-0.05, 0) is 70.8 Å². The van der Waals surface area contributed by atoms with Gasteiger partial charge >= 0.3 is 5.97 Å². The Labute approximate surface area is 202 Å². The van der Waals surface area contributed by atoms with Crippen molar-refractivity contribution in [3.63, 3.8) is 0 Å². The third kappa shape index (κ3) is 7.99. The molecule has 1 aliphatic heterocycles. The summed E-state index contributed by atoms with van der Waals surface area (Å²) >= 11 is 0. The van der Waals surface area contributed by atoms with Crippen LogP contribution in [0.4, 0.5) is 5.82 Å². The maximum atomic E-state index is 10.8. The fourth-order valence-corrected chi connectivity index (χ4v) is 4.33. The Bertz CT molecular complexity index is 985. The average molecular weight is 468 g/mol. The molecular weight excluding hydrogens is 430 g/mol. The Morgan fingerprint density at radius 3 is 2.00 bits per heavy atom. The van der Waals surface area contributed by atoms with Gasteiger partial charge in [0.15, 0.2) is 0 Å². The van der Waals surface area contributed by atoms with Crippen LogP contribution < -0.4 is 5.32 Å². The van der Waals surface area contributed by atoms with Crippen molar-refractivity contribution in [3.05, 3.63) is 59.8 Å². The van der Waals surface area contributed by atoms with Gasteiger partial charge in [0.1, 0.15) is 5.82 Å². The predicted molar refractivity (Wildman–Crippen MR) is 136 cm³/mol. The molecule has 34 heavy (non-hydrogen) atoms. The summed E-state index contributed by atoms with van der Waals surface area (Å²) in [6.45, 7) is 11.1. The summed E-state index contributed by atoms with van der Waals surface area (Å²) in [7, 11) is 2.22. The molecule has 2 aromatic rings. The van der Waals surface area contributed by atoms with Crippen LogP contribution in [0.2, 0.25) is 0 Å². The lowest BCUT2D eigenvalue weighted by molar-refractivity contribution is -0.136. The number of aromatic nitrogens is 1. The second-order valence-corrected chi connectivity index (χ2v) is 10.00. The molecule has 1 aliphatic rings. The zero-order valence-electron chi connectivity index (χ0n) is 21.1. The summed E-state index contributed by atoms with van der Waals surface area (Å²) in [4.78, 5) is 26.8. The second-order valence-electron chi connectivity index (χ2n) is 10.00. The number of nitrogens with one attached hydrogen (secondary N) is 1. The molecule has 184 valence electrons. The van der Waals surface area contributed by atoms with E-state index in [2.05, 4.69) is 56.0 Å². The van der Waals surface area contributed by atoms with E-state index in [0.29, 0.717) is 0 Å². The van der Waals surface area contributed by atoms with Crippen molar-refractivity contribution < 1.29 is 19.8 Å². The van der Waals surface area contributed by atoms with Crippen LogP contribution in [0.15, 0.2) is 54.2 Å². The number of pyridine rings is 1. The zero-order valence-corrected chi connectivity index (χ0v) is 21.1. The molecule has 0 saturated carbocycles. The van der Waals surface area contributed by atoms with Gasteiger partial charge in [-0.2, -0.15) is 0 Å². The Kier molecular flexibility index (Phi) is 8.99. The number of rotatable bonds is 6. The van der Waals surface area contributed by atoms with Crippen molar-refractivity contribution in [2.45, 2.75) is 65.0 Å². The van der Waals surface area contributed by atoms with Crippen LogP contribution in [0.1, 0.15) is 53.0 Å². The Morgan fingerprint density at radius 1 is 1.00 bits per heavy atom. The molecule has 0 spiro atoms. The van der Waals surface area contributed by atoms with E-state index in [1.165, 1.54) is 5.57 Å². The molecule has 0 aliphatic carbocycles. The number of hydrogen-bond donors (Lipinski definition) is 3. The van der Waals surface area contributed by atoms with Gasteiger partial charge in [-0.25, -0.2) is 4.98 Å². The van der Waals surface area contributed by atoms with Crippen molar-refractivity contribution in [1.82, 2.24) is 9.88 Å². The van der Waals surface area contributed by atoms with Crippen molar-refractivity contribution in [3.8, 4) is 11.1 Å². The molecule has 0 bridgehead atoms. The minimum absolute atomic E-state index is 0.0432. The summed E-state index contributed by atoms with van der Waals surface area (Å²) in [6.07, 6.45) is 6.37. The Hall–Kier alpha value is -3.19. The predicted octanol–water partition coefficient (Wildman–Crippen LogP) is 5.09. The minimum atomic E-state index is -0.833. The largest absolute Gasteiger partial charge is 0.481 e. The molecule has 0 unspecified atom stereocenters. The quantitative estimate of drug-likeness (QED) is 0.509. The number of carbonyl (C=O) groups is 2. The number of anilines is 1. The molecule has 0 radical (unpaired) electrons. The lowest BCUT2D eigenvalue weighted by atomic mass is 9.77. The summed E-state index contributed by atoms with van der Waals surface area (Å²) in [6, 6.07) is 11.6. The number of hydrogen-bond acceptors (Lipinski definition) is 5. The van der Waals surface area contributed by atoms with Crippen LogP contribution in [0.25, 0.3) is 11.1 Å². The number of nitrogens with zero attached hydrogens (tertiary/aromatic N) is 2. The number of carboxylic acids is 2. The van der Waals surface area contributed by atoms with E-state index in [4.69, 9.17) is 15.0 Å². The van der Waals surface area contributed by atoms with Gasteiger partial charge in [-0.15, -0.1) is 0 Å². The molecule has 2 heterocycles. The van der Waals surface area contributed by atoms with E-state index >= 15 is 0 Å². The van der Waals surface area contributed by atoms with Crippen LogP contribution in [0, 0.1) is 0 Å². The summed E-state index contributed by atoms with van der Waals surface area (Å²) in [5, 5.41) is 19.7. The molecule has 7 heteroatoms. The fraction of sp³-hybridized carbons (Fsp3) is 0.444. The topological polar surface area (TPSA) is 103 Å². The highest BCUT2D eigenvalue weighted by molar-refractivity contribution is 5.71. The molecule has 3 rings (SSSR count). The summed E-state index contributed by atoms with van der Waals surface area (Å²) < 4.78 is 0. The fourth-order valence-electron chi connectivity index (χ4n) is 4.33. The van der Waals surface area contributed by atoms with Crippen LogP contribution in [-0.2, 0) is 16.0 Å². The first-order valence-corrected chi connectivity index (χ1v) is 11.4. The minimum Gasteiger partial charge on any atom is -0.481 e. The third-order valence-electron chi connectivity index (χ3n) is 6.22. The van der Waals surface area contributed by atoms with Crippen LogP contribution in [0.5, 0.6) is 0 Å². The van der Waals surface area contributed by atoms with E-state index in [1.54, 1.807) is 0 Å². The second kappa shape index (κ2) is 11.3. The standard InChI is InChI=1S/C25H33N3O2.C2H4O2/c1-24(2)15-19(16-25(3,4)28(24)5)12-13-26-22-11-10-21(17-27-22)20-8-6-18(7-9-20)14-23(29)30;1-2(3)4/h6-12,17H,13-16H2,1-5H3,(H,26,27)(H,29,30);1H3,(H,3,4). The lowest BCUT2D eigenvalue weighted by Crippen LogP contribution is -2.56. The van der Waals surface area contributed by atoms with Gasteiger partial charge in [0.25, 0.3) is 5.97 Å². The highest BCUT2D eigenvalue weighted by Crippen LogP contribution is 2.39. The molecule has 1 aromatic heterocycles. The van der Waals surface area contributed by atoms with Gasteiger partial charge in [-0.3, -0.25) is 14.5 Å². The van der Waals surface area contributed by atoms with Gasteiger partial charge in [0.2, 0.25) is 0 Å². The lowest BCUT2D eigenvalue weighted by Gasteiger charge is -2.52. The maximum absolute atomic E-state index is 10.8. The summed E-state index contributed by atoms with van der Waals surface area (Å²) in [5.41, 5.74) is 4.65. The zero-order chi connectivity index (χ0) is 25.5. The number of likely N-dealkylation sites (tertiary alicyclic amines) is 1. The molecular formula is C27H37N3O4. The van der Waals surface area contributed by atoms with Crippen LogP contribution >= 0.6 is 0 Å². The van der Waals surface area contributed by atoms with E-state index in [1.807, 2.05) is 42.6 Å². The monoisotopic (exact) mass is 467 g/mol. The van der Waals surface area contributed by atoms with E-state index in [-0.39, 0.29) is 17.5 Å². The smallest absolute Gasteiger partial charge is 0.307 e. The van der Waals surface area contributed by atoms with Gasteiger partial charge < -0.3 is 15.5 Å². The summed E-state index contributed by atoms with van der Waals surface area (Å²) in [5.74, 6) is -0.799. The molecule has 0 amide bonds. The van der Waals surface area contributed by atoms with Crippen LogP contribution in [0.3, 0.4) is 0 Å². The number of carboxylic acid groups (broad SMARTS) is 2. The van der Waals surface area contributed by atoms with Crippen molar-refractivity contribution in [1.29, 1.82) is 0 Å².